The van der Waals surface area contributed by atoms with Gasteiger partial charge in [0.15, 0.2) is 0 Å². The normalized spacial score (nSPS) is 13.9. The minimum atomic E-state index is -4.21. The molecule has 0 aliphatic heterocycles. The Morgan fingerprint density at radius 1 is 0.872 bits per heavy atom. The molecule has 0 radical (unpaired) electrons. The van der Waals surface area contributed by atoms with E-state index in [1.807, 2.05) is 49.4 Å². The lowest BCUT2D eigenvalue weighted by Gasteiger charge is -2.34. The molecular weight excluding hydrogens is 634 g/mol. The van der Waals surface area contributed by atoms with E-state index >= 15 is 0 Å². The predicted octanol–water partition coefficient (Wildman–Crippen LogP) is 6.55. The topological polar surface area (TPSA) is 96.0 Å². The molecule has 0 aromatic heterocycles. The van der Waals surface area contributed by atoms with Gasteiger partial charge in [-0.15, -0.1) is 0 Å². The van der Waals surface area contributed by atoms with Gasteiger partial charge in [0.2, 0.25) is 11.8 Å². The number of anilines is 1. The molecule has 2 amide bonds. The van der Waals surface area contributed by atoms with Crippen molar-refractivity contribution >= 4 is 39.1 Å². The van der Waals surface area contributed by atoms with Gasteiger partial charge in [-0.05, 0) is 79.4 Å². The first-order chi connectivity index (χ1) is 22.6. The van der Waals surface area contributed by atoms with Crippen LogP contribution in [0.2, 0.25) is 5.02 Å². The van der Waals surface area contributed by atoms with Crippen LogP contribution in [0.5, 0.6) is 5.75 Å². The van der Waals surface area contributed by atoms with E-state index in [4.69, 9.17) is 16.3 Å². The Kier molecular flexibility index (Phi) is 11.2. The molecule has 1 N–H and O–H groups in total. The Morgan fingerprint density at radius 3 is 2.13 bits per heavy atom. The van der Waals surface area contributed by atoms with Crippen molar-refractivity contribution in [1.82, 2.24) is 10.2 Å². The van der Waals surface area contributed by atoms with Gasteiger partial charge >= 0.3 is 0 Å². The average Bonchev–Trinajstić information content (AvgIpc) is 3.60. The maximum Gasteiger partial charge on any atom is 0.264 e. The Labute approximate surface area is 282 Å². The van der Waals surface area contributed by atoms with Gasteiger partial charge < -0.3 is 15.0 Å². The number of hydrogen-bond acceptors (Lipinski definition) is 5. The second-order valence-electron chi connectivity index (χ2n) is 11.9. The van der Waals surface area contributed by atoms with Crippen molar-refractivity contribution in [2.24, 2.45) is 0 Å². The Morgan fingerprint density at radius 2 is 1.51 bits per heavy atom. The van der Waals surface area contributed by atoms with Crippen LogP contribution in [-0.4, -0.2) is 50.9 Å². The SMILES string of the molecule is COc1ccc(S(=O)(=O)N(CC(=O)N(Cc2ccc(Cl)cc2)C(Cc2ccccc2)C(=O)NC2CCCC2)c2ccc(C)cc2)cc1. The van der Waals surface area contributed by atoms with Crippen molar-refractivity contribution in [3.63, 3.8) is 0 Å². The van der Waals surface area contributed by atoms with Gasteiger partial charge in [-0.1, -0.05) is 84.6 Å². The number of carbonyl (C=O) groups is 2. The number of benzene rings is 4. The molecule has 0 bridgehead atoms. The summed E-state index contributed by atoms with van der Waals surface area (Å²) in [7, 11) is -2.71. The minimum Gasteiger partial charge on any atom is -0.497 e. The summed E-state index contributed by atoms with van der Waals surface area (Å²) in [6.45, 7) is 1.46. The van der Waals surface area contributed by atoms with Gasteiger partial charge in [-0.3, -0.25) is 13.9 Å². The maximum absolute atomic E-state index is 14.6. The lowest BCUT2D eigenvalue weighted by Crippen LogP contribution is -2.54. The van der Waals surface area contributed by atoms with Crippen LogP contribution < -0.4 is 14.4 Å². The molecule has 5 rings (SSSR count). The van der Waals surface area contributed by atoms with Gasteiger partial charge in [0.1, 0.15) is 18.3 Å². The van der Waals surface area contributed by atoms with Crippen molar-refractivity contribution in [2.45, 2.75) is 62.6 Å². The zero-order chi connectivity index (χ0) is 33.4. The zero-order valence-corrected chi connectivity index (χ0v) is 28.2. The number of nitrogens with one attached hydrogen (secondary N) is 1. The van der Waals surface area contributed by atoms with E-state index in [0.717, 1.165) is 46.7 Å². The summed E-state index contributed by atoms with van der Waals surface area (Å²) in [5.41, 5.74) is 2.92. The second kappa shape index (κ2) is 15.5. The van der Waals surface area contributed by atoms with Gasteiger partial charge in [0.05, 0.1) is 17.7 Å². The molecule has 4 aromatic rings. The van der Waals surface area contributed by atoms with Crippen LogP contribution in [0.4, 0.5) is 5.69 Å². The molecule has 8 nitrogen and oxygen atoms in total. The Bertz CT molecular complexity index is 1740. The first-order valence-corrected chi connectivity index (χ1v) is 17.6. The van der Waals surface area contributed by atoms with Crippen LogP contribution in [0.3, 0.4) is 0 Å². The molecular formula is C37H40ClN3O5S. The summed E-state index contributed by atoms with van der Waals surface area (Å²) in [6, 6.07) is 28.8. The van der Waals surface area contributed by atoms with E-state index < -0.39 is 28.5 Å². The molecule has 1 aliphatic rings. The maximum atomic E-state index is 14.6. The number of amides is 2. The first-order valence-electron chi connectivity index (χ1n) is 15.8. The molecule has 4 aromatic carbocycles. The third-order valence-electron chi connectivity index (χ3n) is 8.49. The molecule has 1 saturated carbocycles. The number of ether oxygens (including phenoxy) is 1. The number of carbonyl (C=O) groups excluding carboxylic acids is 2. The van der Waals surface area contributed by atoms with Gasteiger partial charge in [-0.25, -0.2) is 8.42 Å². The van der Waals surface area contributed by atoms with E-state index in [-0.39, 0.29) is 29.8 Å². The van der Waals surface area contributed by atoms with Crippen molar-refractivity contribution in [1.29, 1.82) is 0 Å². The average molecular weight is 674 g/mol. The lowest BCUT2D eigenvalue weighted by molar-refractivity contribution is -0.140. The molecule has 0 heterocycles. The number of halogens is 1. The van der Waals surface area contributed by atoms with Gasteiger partial charge in [0, 0.05) is 24.0 Å². The smallest absolute Gasteiger partial charge is 0.264 e. The van der Waals surface area contributed by atoms with Crippen molar-refractivity contribution < 1.29 is 22.7 Å². The first kappa shape index (κ1) is 34.0. The van der Waals surface area contributed by atoms with Crippen molar-refractivity contribution in [2.75, 3.05) is 18.0 Å². The quantitative estimate of drug-likeness (QED) is 0.174. The van der Waals surface area contributed by atoms with Crippen LogP contribution in [0.1, 0.15) is 42.4 Å². The van der Waals surface area contributed by atoms with Crippen molar-refractivity contribution in [3.8, 4) is 5.75 Å². The second-order valence-corrected chi connectivity index (χ2v) is 14.2. The summed E-state index contributed by atoms with van der Waals surface area (Å²) in [4.78, 5) is 30.2. The molecule has 1 aliphatic carbocycles. The van der Waals surface area contributed by atoms with Gasteiger partial charge in [-0.2, -0.15) is 0 Å². The fourth-order valence-electron chi connectivity index (χ4n) is 5.82. The third kappa shape index (κ3) is 8.73. The van der Waals surface area contributed by atoms with Crippen LogP contribution >= 0.6 is 11.6 Å². The standard InChI is InChI=1S/C37H40ClN3O5S/c1-27-12-18-32(19-13-27)41(47(44,45)34-22-20-33(46-2)21-23-34)26-36(42)40(25-29-14-16-30(38)17-15-29)35(24-28-8-4-3-5-9-28)37(43)39-31-10-6-7-11-31/h3-5,8-9,12-23,31,35H,6-7,10-11,24-26H2,1-2H3,(H,39,43). The molecule has 0 saturated heterocycles. The van der Waals surface area contributed by atoms with Crippen LogP contribution in [-0.2, 0) is 32.6 Å². The molecule has 47 heavy (non-hydrogen) atoms. The minimum absolute atomic E-state index is 0.00994. The Balaban J connectivity index is 1.55. The summed E-state index contributed by atoms with van der Waals surface area (Å²) in [5, 5.41) is 3.73. The van der Waals surface area contributed by atoms with Gasteiger partial charge in [0.25, 0.3) is 10.0 Å². The molecule has 1 unspecified atom stereocenters. The van der Waals surface area contributed by atoms with E-state index in [2.05, 4.69) is 5.32 Å². The highest BCUT2D eigenvalue weighted by Crippen LogP contribution is 2.27. The fraction of sp³-hybridized carbons (Fsp3) is 0.297. The summed E-state index contributed by atoms with van der Waals surface area (Å²) >= 11 is 6.18. The highest BCUT2D eigenvalue weighted by molar-refractivity contribution is 7.92. The summed E-state index contributed by atoms with van der Waals surface area (Å²) < 4.78 is 34.8. The number of methoxy groups -OCH3 is 1. The summed E-state index contributed by atoms with van der Waals surface area (Å²) in [5.74, 6) is -0.267. The summed E-state index contributed by atoms with van der Waals surface area (Å²) in [6.07, 6.45) is 4.11. The third-order valence-corrected chi connectivity index (χ3v) is 10.5. The number of hydrogen-bond donors (Lipinski definition) is 1. The van der Waals surface area contributed by atoms with E-state index in [1.165, 1.54) is 24.1 Å². The van der Waals surface area contributed by atoms with Crippen molar-refractivity contribution in [3.05, 3.63) is 125 Å². The largest absolute Gasteiger partial charge is 0.497 e. The molecule has 1 atom stereocenters. The lowest BCUT2D eigenvalue weighted by atomic mass is 10.0. The predicted molar refractivity (Wildman–Crippen MR) is 185 cm³/mol. The highest BCUT2D eigenvalue weighted by Gasteiger charge is 2.35. The monoisotopic (exact) mass is 673 g/mol. The number of aryl methyl sites for hydroxylation is 1. The molecule has 0 spiro atoms. The van der Waals surface area contributed by atoms with Crippen LogP contribution in [0.15, 0.2) is 108 Å². The fourth-order valence-corrected chi connectivity index (χ4v) is 7.36. The number of nitrogens with zero attached hydrogens (tertiary/aromatic N) is 2. The molecule has 1 fully saturated rings. The zero-order valence-electron chi connectivity index (χ0n) is 26.6. The molecule has 10 heteroatoms. The number of sulfonamides is 1. The van der Waals surface area contributed by atoms with E-state index in [1.54, 1.807) is 48.5 Å². The molecule has 246 valence electrons. The van der Waals surface area contributed by atoms with E-state index in [0.29, 0.717) is 16.5 Å². The Hall–Kier alpha value is -4.34. The number of rotatable bonds is 13. The van der Waals surface area contributed by atoms with E-state index in [9.17, 15) is 18.0 Å². The van der Waals surface area contributed by atoms with Crippen LogP contribution in [0.25, 0.3) is 0 Å². The highest BCUT2D eigenvalue weighted by atomic mass is 35.5. The van der Waals surface area contributed by atoms with Crippen LogP contribution in [0, 0.1) is 6.92 Å².